The molecule has 2 rings (SSSR count). The number of hydrogen-bond acceptors (Lipinski definition) is 2. The topological polar surface area (TPSA) is 33.0 Å². The quantitative estimate of drug-likeness (QED) is 0.813. The molecule has 0 N–H and O–H groups in total. The molecule has 0 unspecified atom stereocenters. The summed E-state index contributed by atoms with van der Waals surface area (Å²) in [5, 5.41) is 10.0. The first kappa shape index (κ1) is 12.2. The van der Waals surface area contributed by atoms with E-state index < -0.39 is 6.36 Å². The van der Waals surface area contributed by atoms with Crippen molar-refractivity contribution in [2.75, 3.05) is 0 Å². The minimum atomic E-state index is -4.70. The Bertz CT molecular complexity index is 614. The lowest BCUT2D eigenvalue weighted by Gasteiger charge is -2.10. The van der Waals surface area contributed by atoms with Gasteiger partial charge < -0.3 is 4.74 Å². The van der Waals surface area contributed by atoms with Gasteiger partial charge >= 0.3 is 6.36 Å². The van der Waals surface area contributed by atoms with Crippen LogP contribution in [0.3, 0.4) is 0 Å². The number of rotatable bonds is 2. The van der Waals surface area contributed by atoms with Crippen LogP contribution in [-0.4, -0.2) is 6.36 Å². The molecule has 0 spiro atoms. The highest BCUT2D eigenvalue weighted by atomic mass is 19.4. The van der Waals surface area contributed by atoms with Gasteiger partial charge in [0.2, 0.25) is 0 Å². The van der Waals surface area contributed by atoms with Crippen molar-refractivity contribution >= 4 is 10.8 Å². The van der Waals surface area contributed by atoms with Crippen LogP contribution < -0.4 is 4.74 Å². The van der Waals surface area contributed by atoms with Gasteiger partial charge in [-0.05, 0) is 28.5 Å². The molecule has 0 fully saturated rings. The van der Waals surface area contributed by atoms with Crippen LogP contribution in [0.25, 0.3) is 10.8 Å². The fraction of sp³-hybridized carbons (Fsp3) is 0.154. The van der Waals surface area contributed by atoms with E-state index in [-0.39, 0.29) is 12.2 Å². The van der Waals surface area contributed by atoms with E-state index in [0.29, 0.717) is 5.39 Å². The van der Waals surface area contributed by atoms with Gasteiger partial charge in [0.1, 0.15) is 5.75 Å². The summed E-state index contributed by atoms with van der Waals surface area (Å²) in [6, 6.07) is 11.3. The summed E-state index contributed by atoms with van der Waals surface area (Å²) in [5.74, 6) is -0.260. The van der Waals surface area contributed by atoms with Crippen LogP contribution in [0, 0.1) is 11.3 Å². The summed E-state index contributed by atoms with van der Waals surface area (Å²) in [4.78, 5) is 0. The molecule has 0 saturated carbocycles. The largest absolute Gasteiger partial charge is 0.573 e. The van der Waals surface area contributed by atoms with Crippen molar-refractivity contribution in [1.82, 2.24) is 0 Å². The first-order valence-corrected chi connectivity index (χ1v) is 5.14. The Morgan fingerprint density at radius 3 is 2.61 bits per heavy atom. The lowest BCUT2D eigenvalue weighted by Crippen LogP contribution is -2.17. The fourth-order valence-corrected chi connectivity index (χ4v) is 1.77. The number of nitriles is 1. The van der Waals surface area contributed by atoms with Crippen LogP contribution in [0.4, 0.5) is 13.2 Å². The highest BCUT2D eigenvalue weighted by molar-refractivity contribution is 5.87. The van der Waals surface area contributed by atoms with Crippen LogP contribution in [0.1, 0.15) is 5.56 Å². The summed E-state index contributed by atoms with van der Waals surface area (Å²) < 4.78 is 40.1. The maximum atomic E-state index is 12.1. The van der Waals surface area contributed by atoms with E-state index >= 15 is 0 Å². The summed E-state index contributed by atoms with van der Waals surface area (Å²) >= 11 is 0. The number of ether oxygens (including phenoxy) is 1. The van der Waals surface area contributed by atoms with Crippen molar-refractivity contribution in [3.05, 3.63) is 42.0 Å². The molecule has 0 saturated heterocycles. The predicted molar refractivity (Wildman–Crippen MR) is 59.9 cm³/mol. The molecular weight excluding hydrogens is 243 g/mol. The Morgan fingerprint density at radius 1 is 1.17 bits per heavy atom. The molecular formula is C13H8F3NO. The van der Waals surface area contributed by atoms with Crippen molar-refractivity contribution in [3.63, 3.8) is 0 Å². The molecule has 5 heteroatoms. The van der Waals surface area contributed by atoms with Gasteiger partial charge in [0.05, 0.1) is 12.5 Å². The van der Waals surface area contributed by atoms with Crippen LogP contribution >= 0.6 is 0 Å². The highest BCUT2D eigenvalue weighted by Gasteiger charge is 2.31. The average molecular weight is 251 g/mol. The molecule has 0 bridgehead atoms. The Morgan fingerprint density at radius 2 is 1.94 bits per heavy atom. The van der Waals surface area contributed by atoms with Crippen molar-refractivity contribution in [2.24, 2.45) is 0 Å². The standard InChI is InChI=1S/C13H8F3NO/c14-13(15,16)18-11-4-5-12-9(6-7-17)2-1-3-10(12)8-11/h1-5,8H,6H2. The molecule has 0 heterocycles. The summed E-state index contributed by atoms with van der Waals surface area (Å²) in [7, 11) is 0. The summed E-state index contributed by atoms with van der Waals surface area (Å²) in [5.41, 5.74) is 0.786. The number of alkyl halides is 3. The lowest BCUT2D eigenvalue weighted by molar-refractivity contribution is -0.274. The number of hydrogen-bond donors (Lipinski definition) is 0. The van der Waals surface area contributed by atoms with Gasteiger partial charge in [0.15, 0.2) is 0 Å². The molecule has 0 aliphatic carbocycles. The van der Waals surface area contributed by atoms with Gasteiger partial charge in [-0.1, -0.05) is 24.3 Å². The predicted octanol–water partition coefficient (Wildman–Crippen LogP) is 3.80. The molecule has 0 radical (unpaired) electrons. The van der Waals surface area contributed by atoms with E-state index in [2.05, 4.69) is 4.74 Å². The third-order valence-electron chi connectivity index (χ3n) is 2.45. The second-order valence-corrected chi connectivity index (χ2v) is 3.68. The summed E-state index contributed by atoms with van der Waals surface area (Å²) in [6.45, 7) is 0. The molecule has 2 aromatic rings. The van der Waals surface area contributed by atoms with Gasteiger partial charge in [-0.15, -0.1) is 13.2 Å². The van der Waals surface area contributed by atoms with E-state index in [1.54, 1.807) is 18.2 Å². The molecule has 0 aromatic heterocycles. The second-order valence-electron chi connectivity index (χ2n) is 3.68. The smallest absolute Gasteiger partial charge is 0.406 e. The second kappa shape index (κ2) is 4.57. The number of halogens is 3. The van der Waals surface area contributed by atoms with E-state index in [4.69, 9.17) is 5.26 Å². The minimum Gasteiger partial charge on any atom is -0.406 e. The molecule has 92 valence electrons. The normalized spacial score (nSPS) is 11.2. The van der Waals surface area contributed by atoms with Gasteiger partial charge in [-0.3, -0.25) is 0 Å². The lowest BCUT2D eigenvalue weighted by atomic mass is 10.0. The zero-order valence-electron chi connectivity index (χ0n) is 9.16. The summed E-state index contributed by atoms with van der Waals surface area (Å²) in [6.07, 6.45) is -4.48. The Labute approximate surface area is 101 Å². The first-order valence-electron chi connectivity index (χ1n) is 5.14. The van der Waals surface area contributed by atoms with Crippen LogP contribution in [0.2, 0.25) is 0 Å². The molecule has 2 nitrogen and oxygen atoms in total. The van der Waals surface area contributed by atoms with E-state index in [0.717, 1.165) is 10.9 Å². The van der Waals surface area contributed by atoms with Crippen LogP contribution in [0.15, 0.2) is 36.4 Å². The van der Waals surface area contributed by atoms with E-state index in [1.165, 1.54) is 18.2 Å². The van der Waals surface area contributed by atoms with E-state index in [1.807, 2.05) is 6.07 Å². The fourth-order valence-electron chi connectivity index (χ4n) is 1.77. The highest BCUT2D eigenvalue weighted by Crippen LogP contribution is 2.28. The van der Waals surface area contributed by atoms with Crippen molar-refractivity contribution in [1.29, 1.82) is 5.26 Å². The van der Waals surface area contributed by atoms with Crippen molar-refractivity contribution in [3.8, 4) is 11.8 Å². The monoisotopic (exact) mass is 251 g/mol. The maximum Gasteiger partial charge on any atom is 0.573 e. The van der Waals surface area contributed by atoms with Gasteiger partial charge in [-0.25, -0.2) is 0 Å². The number of benzene rings is 2. The molecule has 0 aliphatic heterocycles. The first-order chi connectivity index (χ1) is 8.49. The molecule has 0 amide bonds. The van der Waals surface area contributed by atoms with Gasteiger partial charge in [-0.2, -0.15) is 5.26 Å². The average Bonchev–Trinajstić information content (AvgIpc) is 2.27. The zero-order valence-corrected chi connectivity index (χ0v) is 9.16. The molecule has 0 aliphatic rings. The number of nitrogens with zero attached hydrogens (tertiary/aromatic N) is 1. The Hall–Kier alpha value is -2.22. The number of fused-ring (bicyclic) bond motifs is 1. The minimum absolute atomic E-state index is 0.219. The van der Waals surface area contributed by atoms with E-state index in [9.17, 15) is 13.2 Å². The third-order valence-corrected chi connectivity index (χ3v) is 2.45. The maximum absolute atomic E-state index is 12.1. The molecule has 2 aromatic carbocycles. The van der Waals surface area contributed by atoms with Gasteiger partial charge in [0, 0.05) is 0 Å². The van der Waals surface area contributed by atoms with Crippen molar-refractivity contribution < 1.29 is 17.9 Å². The third kappa shape index (κ3) is 2.72. The molecule has 0 atom stereocenters. The van der Waals surface area contributed by atoms with Crippen LogP contribution in [-0.2, 0) is 6.42 Å². The SMILES string of the molecule is N#CCc1cccc2cc(OC(F)(F)F)ccc12. The van der Waals surface area contributed by atoms with Crippen molar-refractivity contribution in [2.45, 2.75) is 12.8 Å². The Balaban J connectivity index is 2.44. The zero-order chi connectivity index (χ0) is 13.2. The Kier molecular flexibility index (Phi) is 3.11. The molecule has 18 heavy (non-hydrogen) atoms. The van der Waals surface area contributed by atoms with Gasteiger partial charge in [0.25, 0.3) is 0 Å². The van der Waals surface area contributed by atoms with Crippen LogP contribution in [0.5, 0.6) is 5.75 Å².